The highest BCUT2D eigenvalue weighted by Crippen LogP contribution is 2.25. The van der Waals surface area contributed by atoms with Gasteiger partial charge in [-0.1, -0.05) is 26.0 Å². The average Bonchev–Trinajstić information content (AvgIpc) is 2.82. The first-order valence-electron chi connectivity index (χ1n) is 7.92. The summed E-state index contributed by atoms with van der Waals surface area (Å²) in [5.74, 6) is -3.52. The van der Waals surface area contributed by atoms with Crippen molar-refractivity contribution in [2.24, 2.45) is 11.7 Å². The first kappa shape index (κ1) is 19.1. The van der Waals surface area contributed by atoms with E-state index in [-0.39, 0.29) is 11.1 Å². The molecule has 0 unspecified atom stereocenters. The largest absolute Gasteiger partial charge is 0.450 e. The van der Waals surface area contributed by atoms with Crippen molar-refractivity contribution < 1.29 is 28.7 Å². The van der Waals surface area contributed by atoms with Crippen LogP contribution in [0, 0.1) is 5.92 Å². The Balaban J connectivity index is 2.17. The van der Waals surface area contributed by atoms with Gasteiger partial charge in [0.25, 0.3) is 17.7 Å². The maximum absolute atomic E-state index is 12.4. The van der Waals surface area contributed by atoms with Crippen LogP contribution in [0.5, 0.6) is 0 Å². The zero-order chi connectivity index (χ0) is 19.6. The van der Waals surface area contributed by atoms with E-state index in [2.05, 4.69) is 0 Å². The summed E-state index contributed by atoms with van der Waals surface area (Å²) >= 11 is 0. The number of hydrogen-bond donors (Lipinski definition) is 2. The lowest BCUT2D eigenvalue weighted by Gasteiger charge is -2.25. The molecule has 1 heterocycles. The third kappa shape index (κ3) is 3.56. The molecule has 0 aromatic heterocycles. The Kier molecular flexibility index (Phi) is 5.39. The van der Waals surface area contributed by atoms with Gasteiger partial charge in [-0.3, -0.25) is 24.6 Å². The number of amides is 5. The second kappa shape index (κ2) is 7.34. The fraction of sp³-hybridized carbons (Fsp3) is 0.353. The molecule has 2 rings (SSSR count). The van der Waals surface area contributed by atoms with Crippen LogP contribution < -0.4 is 11.1 Å². The second-order valence-electron chi connectivity index (χ2n) is 6.16. The number of ether oxygens (including phenoxy) is 1. The Bertz CT molecular complexity index is 753. The number of nitrogens with two attached hydrogens (primary N) is 1. The van der Waals surface area contributed by atoms with E-state index in [1.165, 1.54) is 19.1 Å². The highest BCUT2D eigenvalue weighted by molar-refractivity contribution is 6.22. The van der Waals surface area contributed by atoms with Gasteiger partial charge in [-0.05, 0) is 25.0 Å². The van der Waals surface area contributed by atoms with Crippen LogP contribution in [0.1, 0.15) is 41.5 Å². The maximum atomic E-state index is 12.4. The van der Waals surface area contributed by atoms with Crippen LogP contribution in [-0.2, 0) is 14.3 Å². The summed E-state index contributed by atoms with van der Waals surface area (Å²) in [7, 11) is 0. The van der Waals surface area contributed by atoms with E-state index in [0.29, 0.717) is 0 Å². The van der Waals surface area contributed by atoms with Crippen LogP contribution in [0.15, 0.2) is 24.3 Å². The molecular formula is C17H19N3O6. The Morgan fingerprint density at radius 2 is 1.54 bits per heavy atom. The Labute approximate surface area is 149 Å². The number of primary amides is 1. The topological polar surface area (TPSA) is 136 Å². The Morgan fingerprint density at radius 3 is 1.96 bits per heavy atom. The van der Waals surface area contributed by atoms with Crippen molar-refractivity contribution in [2.45, 2.75) is 32.9 Å². The molecule has 9 nitrogen and oxygen atoms in total. The molecule has 0 spiro atoms. The number of nitrogens with zero attached hydrogens (tertiary/aromatic N) is 1. The molecule has 5 amide bonds. The zero-order valence-electron chi connectivity index (χ0n) is 14.5. The van der Waals surface area contributed by atoms with Gasteiger partial charge in [0.2, 0.25) is 0 Å². The molecule has 3 N–H and O–H groups in total. The molecule has 0 aliphatic carbocycles. The fourth-order valence-electron chi connectivity index (χ4n) is 2.57. The lowest BCUT2D eigenvalue weighted by Crippen LogP contribution is -2.49. The number of carbonyl (C=O) groups is 5. The number of carbonyl (C=O) groups excluding carboxylic acids is 5. The van der Waals surface area contributed by atoms with Crippen LogP contribution in [0.3, 0.4) is 0 Å². The van der Waals surface area contributed by atoms with E-state index in [1.807, 2.05) is 5.32 Å². The van der Waals surface area contributed by atoms with Gasteiger partial charge >= 0.3 is 12.0 Å². The standard InChI is InChI=1S/C17H19N3O6/c1-8(2)12(13(21)19-17(18)25)26-16(24)9(3)20-14(22)10-6-4-5-7-11(10)15(20)23/h4-9,12H,1-3H3,(H3,18,19,21,25)/t9-,12+/m1/s1. The zero-order valence-corrected chi connectivity index (χ0v) is 14.5. The first-order valence-corrected chi connectivity index (χ1v) is 7.92. The number of benzene rings is 1. The van der Waals surface area contributed by atoms with Crippen LogP contribution in [0.4, 0.5) is 4.79 Å². The van der Waals surface area contributed by atoms with Crippen molar-refractivity contribution >= 4 is 29.7 Å². The van der Waals surface area contributed by atoms with Crippen molar-refractivity contribution in [3.63, 3.8) is 0 Å². The lowest BCUT2D eigenvalue weighted by atomic mass is 10.1. The second-order valence-corrected chi connectivity index (χ2v) is 6.16. The van der Waals surface area contributed by atoms with Gasteiger partial charge in [-0.2, -0.15) is 0 Å². The van der Waals surface area contributed by atoms with Crippen LogP contribution in [0.25, 0.3) is 0 Å². The number of hydrogen-bond acceptors (Lipinski definition) is 6. The smallest absolute Gasteiger partial charge is 0.329 e. The van der Waals surface area contributed by atoms with Gasteiger partial charge in [-0.15, -0.1) is 0 Å². The molecule has 1 aliphatic rings. The minimum Gasteiger partial charge on any atom is -0.450 e. The Morgan fingerprint density at radius 1 is 1.04 bits per heavy atom. The van der Waals surface area contributed by atoms with Gasteiger partial charge < -0.3 is 10.5 Å². The van der Waals surface area contributed by atoms with Gasteiger partial charge in [-0.25, -0.2) is 9.59 Å². The Hall–Kier alpha value is -3.23. The molecule has 138 valence electrons. The van der Waals surface area contributed by atoms with E-state index in [1.54, 1.807) is 26.0 Å². The van der Waals surface area contributed by atoms with E-state index in [4.69, 9.17) is 10.5 Å². The third-order valence-electron chi connectivity index (χ3n) is 3.91. The summed E-state index contributed by atoms with van der Waals surface area (Å²) in [6.45, 7) is 4.53. The van der Waals surface area contributed by atoms with Crippen LogP contribution >= 0.6 is 0 Å². The summed E-state index contributed by atoms with van der Waals surface area (Å²) < 4.78 is 5.14. The molecule has 0 saturated carbocycles. The normalized spacial score (nSPS) is 15.5. The number of esters is 1. The van der Waals surface area contributed by atoms with Crippen molar-refractivity contribution in [2.75, 3.05) is 0 Å². The quantitative estimate of drug-likeness (QED) is 0.577. The number of rotatable bonds is 5. The molecule has 1 aliphatic heterocycles. The minimum atomic E-state index is -1.30. The molecule has 0 saturated heterocycles. The fourth-order valence-corrected chi connectivity index (χ4v) is 2.57. The summed E-state index contributed by atoms with van der Waals surface area (Å²) in [4.78, 5) is 60.8. The van der Waals surface area contributed by atoms with Crippen molar-refractivity contribution in [1.82, 2.24) is 10.2 Å². The van der Waals surface area contributed by atoms with Gasteiger partial charge in [0.05, 0.1) is 11.1 Å². The molecule has 0 radical (unpaired) electrons. The molecule has 1 aromatic carbocycles. The lowest BCUT2D eigenvalue weighted by molar-refractivity contribution is -0.161. The van der Waals surface area contributed by atoms with Crippen molar-refractivity contribution in [3.05, 3.63) is 35.4 Å². The van der Waals surface area contributed by atoms with Crippen molar-refractivity contribution in [3.8, 4) is 0 Å². The third-order valence-corrected chi connectivity index (χ3v) is 3.91. The number of urea groups is 1. The van der Waals surface area contributed by atoms with Gasteiger partial charge in [0.1, 0.15) is 6.04 Å². The van der Waals surface area contributed by atoms with E-state index < -0.39 is 47.8 Å². The predicted molar refractivity (Wildman–Crippen MR) is 88.8 cm³/mol. The highest BCUT2D eigenvalue weighted by atomic mass is 16.6. The number of imide groups is 2. The van der Waals surface area contributed by atoms with E-state index >= 15 is 0 Å². The molecular weight excluding hydrogens is 342 g/mol. The average molecular weight is 361 g/mol. The summed E-state index contributed by atoms with van der Waals surface area (Å²) in [6.07, 6.45) is -1.30. The minimum absolute atomic E-state index is 0.198. The van der Waals surface area contributed by atoms with E-state index in [0.717, 1.165) is 4.90 Å². The maximum Gasteiger partial charge on any atom is 0.329 e. The van der Waals surface area contributed by atoms with Gasteiger partial charge in [0, 0.05) is 0 Å². The first-order chi connectivity index (χ1) is 12.1. The monoisotopic (exact) mass is 361 g/mol. The van der Waals surface area contributed by atoms with Crippen molar-refractivity contribution in [1.29, 1.82) is 0 Å². The highest BCUT2D eigenvalue weighted by Gasteiger charge is 2.42. The number of fused-ring (bicyclic) bond motifs is 1. The molecule has 1 aromatic rings. The summed E-state index contributed by atoms with van der Waals surface area (Å²) in [6, 6.07) is 3.88. The van der Waals surface area contributed by atoms with E-state index in [9.17, 15) is 24.0 Å². The molecule has 9 heteroatoms. The van der Waals surface area contributed by atoms with Gasteiger partial charge in [0.15, 0.2) is 6.10 Å². The summed E-state index contributed by atoms with van der Waals surface area (Å²) in [5.41, 5.74) is 5.29. The van der Waals surface area contributed by atoms with Crippen LogP contribution in [0.2, 0.25) is 0 Å². The molecule has 2 atom stereocenters. The summed E-state index contributed by atoms with van der Waals surface area (Å²) in [5, 5.41) is 1.84. The molecule has 26 heavy (non-hydrogen) atoms. The number of nitrogens with one attached hydrogen (secondary N) is 1. The molecule has 0 fully saturated rings. The predicted octanol–water partition coefficient (Wildman–Crippen LogP) is 0.434. The SMILES string of the molecule is CC(C)[C@H](OC(=O)[C@@H](C)N1C(=O)c2ccccc2C1=O)C(=O)NC(N)=O. The van der Waals surface area contributed by atoms with Crippen LogP contribution in [-0.4, -0.2) is 46.8 Å². The molecule has 0 bridgehead atoms.